The molecule has 2 rings (SSSR count). The first-order valence-electron chi connectivity index (χ1n) is 8.93. The predicted molar refractivity (Wildman–Crippen MR) is 104 cm³/mol. The smallest absolute Gasteiger partial charge is 0.322 e. The summed E-state index contributed by atoms with van der Waals surface area (Å²) in [7, 11) is 3.83. The van der Waals surface area contributed by atoms with Crippen molar-refractivity contribution < 1.29 is 9.18 Å². The van der Waals surface area contributed by atoms with Gasteiger partial charge in [0.1, 0.15) is 11.6 Å². The van der Waals surface area contributed by atoms with E-state index in [1.165, 1.54) is 12.1 Å². The fourth-order valence-electron chi connectivity index (χ4n) is 2.54. The van der Waals surface area contributed by atoms with E-state index >= 15 is 0 Å². The third-order valence-corrected chi connectivity index (χ3v) is 4.06. The number of aromatic nitrogens is 1. The molecule has 2 amide bonds. The summed E-state index contributed by atoms with van der Waals surface area (Å²) in [6, 6.07) is 9.78. The molecule has 0 aliphatic rings. The van der Waals surface area contributed by atoms with E-state index < -0.39 is 0 Å². The van der Waals surface area contributed by atoms with Gasteiger partial charge in [-0.3, -0.25) is 0 Å². The number of hydrogen-bond acceptors (Lipinski definition) is 3. The van der Waals surface area contributed by atoms with Crippen LogP contribution in [0.15, 0.2) is 42.6 Å². The molecule has 0 aliphatic carbocycles. The molecule has 0 saturated heterocycles. The first-order valence-corrected chi connectivity index (χ1v) is 8.93. The van der Waals surface area contributed by atoms with Crippen LogP contribution in [0.5, 0.6) is 0 Å². The number of urea groups is 1. The molecule has 140 valence electrons. The van der Waals surface area contributed by atoms with Gasteiger partial charge in [0.2, 0.25) is 0 Å². The predicted octanol–water partition coefficient (Wildman–Crippen LogP) is 4.51. The number of rotatable bonds is 8. The highest BCUT2D eigenvalue weighted by Gasteiger charge is 2.14. The maximum Gasteiger partial charge on any atom is 0.322 e. The van der Waals surface area contributed by atoms with Crippen LogP contribution in [-0.4, -0.2) is 36.6 Å². The lowest BCUT2D eigenvalue weighted by Crippen LogP contribution is -2.35. The second kappa shape index (κ2) is 9.75. The Balaban J connectivity index is 2.04. The summed E-state index contributed by atoms with van der Waals surface area (Å²) in [5.74, 6) is 0.553. The van der Waals surface area contributed by atoms with Gasteiger partial charge >= 0.3 is 6.03 Å². The summed E-state index contributed by atoms with van der Waals surface area (Å²) >= 11 is 0. The largest absolute Gasteiger partial charge is 0.363 e. The average Bonchev–Trinajstić information content (AvgIpc) is 2.63. The maximum absolute atomic E-state index is 13.1. The van der Waals surface area contributed by atoms with Crippen LogP contribution < -0.4 is 10.2 Å². The molecule has 1 aromatic carbocycles. The van der Waals surface area contributed by atoms with Gasteiger partial charge in [-0.05, 0) is 36.2 Å². The van der Waals surface area contributed by atoms with Gasteiger partial charge in [-0.2, -0.15) is 0 Å². The Kier molecular flexibility index (Phi) is 7.38. The van der Waals surface area contributed by atoms with E-state index in [0.29, 0.717) is 18.8 Å². The molecule has 0 fully saturated rings. The summed E-state index contributed by atoms with van der Waals surface area (Å²) < 4.78 is 13.1. The average molecular weight is 358 g/mol. The minimum atomic E-state index is -0.275. The second-order valence-corrected chi connectivity index (χ2v) is 6.48. The Morgan fingerprint density at radius 2 is 1.85 bits per heavy atom. The van der Waals surface area contributed by atoms with Gasteiger partial charge in [0.25, 0.3) is 0 Å². The Labute approximate surface area is 154 Å². The van der Waals surface area contributed by atoms with Crippen LogP contribution in [-0.2, 0) is 6.54 Å². The first kappa shape index (κ1) is 19.7. The van der Waals surface area contributed by atoms with Gasteiger partial charge in [0, 0.05) is 27.2 Å². The zero-order valence-electron chi connectivity index (χ0n) is 15.7. The fraction of sp³-hybridized carbons (Fsp3) is 0.400. The number of unbranched alkanes of at least 4 members (excludes halogenated alkanes) is 2. The summed E-state index contributed by atoms with van der Waals surface area (Å²) in [4.78, 5) is 20.7. The summed E-state index contributed by atoms with van der Waals surface area (Å²) in [6.07, 6.45) is 4.73. The standard InChI is InChI=1S/C20H27FN4O/c1-4-5-6-13-25(15-16-7-9-17(21)10-8-16)20(26)23-18-11-12-19(22-14-18)24(2)3/h7-12,14H,4-6,13,15H2,1-3H3,(H,23,26). The molecule has 1 heterocycles. The van der Waals surface area contributed by atoms with Crippen LogP contribution in [0.4, 0.5) is 20.7 Å². The summed E-state index contributed by atoms with van der Waals surface area (Å²) in [5.41, 5.74) is 1.55. The molecule has 6 heteroatoms. The van der Waals surface area contributed by atoms with Gasteiger partial charge < -0.3 is 15.1 Å². The lowest BCUT2D eigenvalue weighted by atomic mass is 10.2. The molecule has 0 bridgehead atoms. The zero-order chi connectivity index (χ0) is 18.9. The minimum absolute atomic E-state index is 0.176. The number of pyridine rings is 1. The van der Waals surface area contributed by atoms with E-state index in [1.807, 2.05) is 31.1 Å². The highest BCUT2D eigenvalue weighted by Crippen LogP contribution is 2.14. The van der Waals surface area contributed by atoms with Crippen LogP contribution in [0.25, 0.3) is 0 Å². The Morgan fingerprint density at radius 3 is 2.42 bits per heavy atom. The second-order valence-electron chi connectivity index (χ2n) is 6.48. The van der Waals surface area contributed by atoms with Gasteiger partial charge in [-0.25, -0.2) is 14.2 Å². The van der Waals surface area contributed by atoms with Gasteiger partial charge in [0.05, 0.1) is 11.9 Å². The van der Waals surface area contributed by atoms with E-state index in [-0.39, 0.29) is 11.8 Å². The van der Waals surface area contributed by atoms with Crippen molar-refractivity contribution in [2.75, 3.05) is 30.9 Å². The topological polar surface area (TPSA) is 48.5 Å². The number of carbonyl (C=O) groups excluding carboxylic acids is 1. The molecule has 0 saturated carbocycles. The molecule has 2 aromatic rings. The molecule has 1 aromatic heterocycles. The number of nitrogens with zero attached hydrogens (tertiary/aromatic N) is 3. The van der Waals surface area contributed by atoms with Crippen LogP contribution in [0.2, 0.25) is 0 Å². The van der Waals surface area contributed by atoms with E-state index in [0.717, 1.165) is 30.6 Å². The lowest BCUT2D eigenvalue weighted by Gasteiger charge is -2.23. The molecule has 1 N–H and O–H groups in total. The van der Waals surface area contributed by atoms with Crippen molar-refractivity contribution in [2.45, 2.75) is 32.7 Å². The summed E-state index contributed by atoms with van der Waals surface area (Å²) in [6.45, 7) is 3.22. The van der Waals surface area contributed by atoms with E-state index in [2.05, 4.69) is 17.2 Å². The first-order chi connectivity index (χ1) is 12.5. The van der Waals surface area contributed by atoms with Crippen molar-refractivity contribution in [3.8, 4) is 0 Å². The molecular formula is C20H27FN4O. The Bertz CT molecular complexity index is 686. The molecule has 26 heavy (non-hydrogen) atoms. The lowest BCUT2D eigenvalue weighted by molar-refractivity contribution is 0.208. The van der Waals surface area contributed by atoms with E-state index in [1.54, 1.807) is 23.2 Å². The highest BCUT2D eigenvalue weighted by molar-refractivity contribution is 5.89. The van der Waals surface area contributed by atoms with E-state index in [9.17, 15) is 9.18 Å². The third kappa shape index (κ3) is 6.02. The maximum atomic E-state index is 13.1. The third-order valence-electron chi connectivity index (χ3n) is 4.06. The van der Waals surface area contributed by atoms with Gasteiger partial charge in [-0.1, -0.05) is 31.9 Å². The number of carbonyl (C=O) groups is 1. The number of anilines is 2. The quantitative estimate of drug-likeness (QED) is 0.706. The fourth-order valence-corrected chi connectivity index (χ4v) is 2.54. The minimum Gasteiger partial charge on any atom is -0.363 e. The van der Waals surface area contributed by atoms with E-state index in [4.69, 9.17) is 0 Å². The van der Waals surface area contributed by atoms with Crippen LogP contribution in [0, 0.1) is 5.82 Å². The number of nitrogens with one attached hydrogen (secondary N) is 1. The molecule has 0 unspecified atom stereocenters. The normalized spacial score (nSPS) is 10.5. The SMILES string of the molecule is CCCCCN(Cc1ccc(F)cc1)C(=O)Nc1ccc(N(C)C)nc1. The Morgan fingerprint density at radius 1 is 1.12 bits per heavy atom. The number of halogens is 1. The van der Waals surface area contributed by atoms with Gasteiger partial charge in [-0.15, -0.1) is 0 Å². The molecule has 0 aliphatic heterocycles. The molecule has 0 spiro atoms. The van der Waals surface area contributed by atoms with Crippen LogP contribution in [0.3, 0.4) is 0 Å². The van der Waals surface area contributed by atoms with Crippen molar-refractivity contribution >= 4 is 17.5 Å². The van der Waals surface area contributed by atoms with Crippen molar-refractivity contribution in [1.29, 1.82) is 0 Å². The van der Waals surface area contributed by atoms with Gasteiger partial charge in [0.15, 0.2) is 0 Å². The van der Waals surface area contributed by atoms with Crippen molar-refractivity contribution in [2.24, 2.45) is 0 Å². The Hall–Kier alpha value is -2.63. The van der Waals surface area contributed by atoms with Crippen molar-refractivity contribution in [3.63, 3.8) is 0 Å². The summed E-state index contributed by atoms with van der Waals surface area (Å²) in [5, 5.41) is 2.90. The highest BCUT2D eigenvalue weighted by atomic mass is 19.1. The molecule has 0 atom stereocenters. The molecule has 0 radical (unpaired) electrons. The van der Waals surface area contributed by atoms with Crippen molar-refractivity contribution in [1.82, 2.24) is 9.88 Å². The van der Waals surface area contributed by atoms with Crippen LogP contribution >= 0.6 is 0 Å². The number of amides is 2. The van der Waals surface area contributed by atoms with Crippen LogP contribution in [0.1, 0.15) is 31.7 Å². The zero-order valence-corrected chi connectivity index (χ0v) is 15.7. The van der Waals surface area contributed by atoms with Crippen molar-refractivity contribution in [3.05, 3.63) is 54.0 Å². The number of benzene rings is 1. The monoisotopic (exact) mass is 358 g/mol. The molecule has 5 nitrogen and oxygen atoms in total. The molecular weight excluding hydrogens is 331 g/mol. The number of hydrogen-bond donors (Lipinski definition) is 1.